The lowest BCUT2D eigenvalue weighted by atomic mass is 9.67. The number of H-pyrrole nitrogens is 1. The number of aromatic nitrogens is 1. The maximum absolute atomic E-state index is 12.5. The lowest BCUT2D eigenvalue weighted by Crippen LogP contribution is -2.57. The number of carbonyl (C=O) groups excluding carboxylic acids is 1. The maximum atomic E-state index is 12.5. The van der Waals surface area contributed by atoms with E-state index in [0.29, 0.717) is 13.1 Å². The molecular weight excluding hydrogens is 366 g/mol. The zero-order valence-electron chi connectivity index (χ0n) is 18.4. The fourth-order valence-electron chi connectivity index (χ4n) is 4.76. The van der Waals surface area contributed by atoms with E-state index in [1.165, 1.54) is 16.6 Å². The Morgan fingerprint density at radius 3 is 2.48 bits per heavy atom. The SMILES string of the molecule is COc1ccc2c3c([nH]c2c1)C(C)(C)NCC31CCN(C(=O)OC(C)(C)C)CC1. The first-order valence-electron chi connectivity index (χ1n) is 10.5. The highest BCUT2D eigenvalue weighted by Crippen LogP contribution is 2.47. The Hall–Kier alpha value is -2.21. The molecule has 0 bridgehead atoms. The average molecular weight is 400 g/mol. The molecule has 2 N–H and O–H groups in total. The van der Waals surface area contributed by atoms with Gasteiger partial charge in [-0.3, -0.25) is 0 Å². The molecular formula is C23H33N3O3. The van der Waals surface area contributed by atoms with Crippen molar-refractivity contribution in [2.24, 2.45) is 0 Å². The largest absolute Gasteiger partial charge is 0.497 e. The predicted molar refractivity (Wildman–Crippen MR) is 115 cm³/mol. The molecule has 2 aliphatic rings. The monoisotopic (exact) mass is 399 g/mol. The number of nitrogens with zero attached hydrogens (tertiary/aromatic N) is 1. The molecule has 158 valence electrons. The van der Waals surface area contributed by atoms with Crippen LogP contribution in [0.1, 0.15) is 58.7 Å². The first-order valence-corrected chi connectivity index (χ1v) is 10.5. The van der Waals surface area contributed by atoms with Gasteiger partial charge in [0.15, 0.2) is 0 Å². The molecule has 0 unspecified atom stereocenters. The van der Waals surface area contributed by atoms with Crippen molar-refractivity contribution in [3.63, 3.8) is 0 Å². The zero-order chi connectivity index (χ0) is 21.0. The highest BCUT2D eigenvalue weighted by atomic mass is 16.6. The number of rotatable bonds is 1. The van der Waals surface area contributed by atoms with Gasteiger partial charge in [-0.1, -0.05) is 0 Å². The normalized spacial score (nSPS) is 20.6. The van der Waals surface area contributed by atoms with Gasteiger partial charge in [-0.25, -0.2) is 4.79 Å². The van der Waals surface area contributed by atoms with Crippen LogP contribution in [-0.2, 0) is 15.7 Å². The van der Waals surface area contributed by atoms with Gasteiger partial charge in [0, 0.05) is 47.7 Å². The summed E-state index contributed by atoms with van der Waals surface area (Å²) in [6.45, 7) is 12.5. The van der Waals surface area contributed by atoms with Crippen LogP contribution >= 0.6 is 0 Å². The molecule has 1 amide bonds. The van der Waals surface area contributed by atoms with Gasteiger partial charge >= 0.3 is 6.09 Å². The first kappa shape index (κ1) is 20.1. The third kappa shape index (κ3) is 3.48. The molecule has 6 nitrogen and oxygen atoms in total. The molecule has 29 heavy (non-hydrogen) atoms. The van der Waals surface area contributed by atoms with E-state index in [1.807, 2.05) is 31.7 Å². The van der Waals surface area contributed by atoms with Crippen LogP contribution in [0.4, 0.5) is 4.79 Å². The zero-order valence-corrected chi connectivity index (χ0v) is 18.4. The molecule has 3 heterocycles. The van der Waals surface area contributed by atoms with Crippen molar-refractivity contribution in [2.75, 3.05) is 26.7 Å². The number of fused-ring (bicyclic) bond motifs is 4. The minimum absolute atomic E-state index is 0.0101. The van der Waals surface area contributed by atoms with E-state index in [2.05, 4.69) is 36.3 Å². The van der Waals surface area contributed by atoms with Crippen LogP contribution in [0.25, 0.3) is 10.9 Å². The van der Waals surface area contributed by atoms with Gasteiger partial charge in [0.2, 0.25) is 0 Å². The highest BCUT2D eigenvalue weighted by molar-refractivity contribution is 5.88. The Morgan fingerprint density at radius 2 is 1.86 bits per heavy atom. The van der Waals surface area contributed by atoms with Gasteiger partial charge in [-0.2, -0.15) is 0 Å². The number of aromatic amines is 1. The smallest absolute Gasteiger partial charge is 0.410 e. The molecule has 0 atom stereocenters. The van der Waals surface area contributed by atoms with Gasteiger partial charge in [0.25, 0.3) is 0 Å². The fourth-order valence-corrected chi connectivity index (χ4v) is 4.76. The summed E-state index contributed by atoms with van der Waals surface area (Å²) in [5.74, 6) is 0.857. The molecule has 1 saturated heterocycles. The molecule has 1 fully saturated rings. The number of piperidine rings is 1. The lowest BCUT2D eigenvalue weighted by Gasteiger charge is -2.48. The van der Waals surface area contributed by atoms with Crippen molar-refractivity contribution in [2.45, 2.75) is 64.0 Å². The molecule has 1 aromatic heterocycles. The van der Waals surface area contributed by atoms with E-state index in [9.17, 15) is 4.79 Å². The molecule has 0 aliphatic carbocycles. The summed E-state index contributed by atoms with van der Waals surface area (Å²) in [5.41, 5.74) is 3.18. The number of methoxy groups -OCH3 is 1. The van der Waals surface area contributed by atoms with Gasteiger partial charge in [-0.05, 0) is 65.2 Å². The Bertz CT molecular complexity index is 931. The molecule has 2 aromatic rings. The van der Waals surface area contributed by atoms with E-state index in [1.54, 1.807) is 7.11 Å². The molecule has 0 saturated carbocycles. The van der Waals surface area contributed by atoms with E-state index in [4.69, 9.17) is 9.47 Å². The second kappa shape index (κ2) is 6.66. The van der Waals surface area contributed by atoms with Gasteiger partial charge in [0.1, 0.15) is 11.4 Å². The highest BCUT2D eigenvalue weighted by Gasteiger charge is 2.47. The molecule has 6 heteroatoms. The quantitative estimate of drug-likeness (QED) is 0.751. The third-order valence-electron chi connectivity index (χ3n) is 6.40. The number of nitrogens with one attached hydrogen (secondary N) is 2. The lowest BCUT2D eigenvalue weighted by molar-refractivity contribution is 0.0153. The summed E-state index contributed by atoms with van der Waals surface area (Å²) >= 11 is 0. The predicted octanol–water partition coefficient (Wildman–Crippen LogP) is 4.28. The number of benzene rings is 1. The summed E-state index contributed by atoms with van der Waals surface area (Å²) < 4.78 is 11.0. The second-order valence-electron chi connectivity index (χ2n) is 10.0. The number of likely N-dealkylation sites (tertiary alicyclic amines) is 1. The average Bonchev–Trinajstić information content (AvgIpc) is 3.05. The third-order valence-corrected chi connectivity index (χ3v) is 6.40. The topological polar surface area (TPSA) is 66.6 Å². The Labute approximate surface area is 172 Å². The van der Waals surface area contributed by atoms with Crippen LogP contribution in [-0.4, -0.2) is 48.3 Å². The summed E-state index contributed by atoms with van der Waals surface area (Å²) in [4.78, 5) is 18.1. The van der Waals surface area contributed by atoms with Gasteiger partial charge in [-0.15, -0.1) is 0 Å². The molecule has 2 aliphatic heterocycles. The van der Waals surface area contributed by atoms with Crippen LogP contribution in [0.5, 0.6) is 5.75 Å². The van der Waals surface area contributed by atoms with E-state index < -0.39 is 5.60 Å². The molecule has 1 spiro atoms. The van der Waals surface area contributed by atoms with Crippen LogP contribution in [0.2, 0.25) is 0 Å². The number of carbonyl (C=O) groups is 1. The number of hydrogen-bond donors (Lipinski definition) is 2. The summed E-state index contributed by atoms with van der Waals surface area (Å²) in [5, 5.41) is 5.01. The van der Waals surface area contributed by atoms with Crippen LogP contribution in [0.15, 0.2) is 18.2 Å². The Morgan fingerprint density at radius 1 is 1.17 bits per heavy atom. The number of ether oxygens (including phenoxy) is 2. The maximum Gasteiger partial charge on any atom is 0.410 e. The summed E-state index contributed by atoms with van der Waals surface area (Å²) in [7, 11) is 1.70. The van der Waals surface area contributed by atoms with Crippen molar-refractivity contribution in [1.29, 1.82) is 0 Å². The van der Waals surface area contributed by atoms with Crippen LogP contribution < -0.4 is 10.1 Å². The van der Waals surface area contributed by atoms with Crippen LogP contribution in [0, 0.1) is 0 Å². The summed E-state index contributed by atoms with van der Waals surface area (Å²) in [6.07, 6.45) is 1.63. The Kier molecular flexibility index (Phi) is 4.61. The van der Waals surface area contributed by atoms with Crippen LogP contribution in [0.3, 0.4) is 0 Å². The molecule has 1 aromatic carbocycles. The van der Waals surface area contributed by atoms with Crippen molar-refractivity contribution in [3.8, 4) is 5.75 Å². The van der Waals surface area contributed by atoms with Crippen molar-refractivity contribution >= 4 is 17.0 Å². The molecule has 4 rings (SSSR count). The summed E-state index contributed by atoms with van der Waals surface area (Å²) in [6, 6.07) is 6.29. The van der Waals surface area contributed by atoms with Crippen molar-refractivity contribution in [3.05, 3.63) is 29.5 Å². The van der Waals surface area contributed by atoms with E-state index >= 15 is 0 Å². The van der Waals surface area contributed by atoms with E-state index in [0.717, 1.165) is 30.7 Å². The van der Waals surface area contributed by atoms with Gasteiger partial charge in [0.05, 0.1) is 12.6 Å². The van der Waals surface area contributed by atoms with Crippen molar-refractivity contribution < 1.29 is 14.3 Å². The standard InChI is InChI=1S/C23H33N3O3/c1-21(2,3)29-20(27)26-11-9-23(10-12-26)14-24-22(4,5)19-18(23)16-8-7-15(28-6)13-17(16)25-19/h7-8,13,24-25H,9-12,14H2,1-6H3. The van der Waals surface area contributed by atoms with Crippen molar-refractivity contribution in [1.82, 2.24) is 15.2 Å². The number of hydrogen-bond acceptors (Lipinski definition) is 4. The first-order chi connectivity index (χ1) is 13.5. The fraction of sp³-hybridized carbons (Fsp3) is 0.609. The molecule has 0 radical (unpaired) electrons. The minimum Gasteiger partial charge on any atom is -0.497 e. The number of amides is 1. The second-order valence-corrected chi connectivity index (χ2v) is 10.0. The van der Waals surface area contributed by atoms with Gasteiger partial charge < -0.3 is 24.7 Å². The van der Waals surface area contributed by atoms with E-state index in [-0.39, 0.29) is 17.0 Å². The minimum atomic E-state index is -0.467. The Balaban J connectivity index is 1.68.